The van der Waals surface area contributed by atoms with Crippen LogP contribution >= 0.6 is 23.2 Å². The van der Waals surface area contributed by atoms with Crippen LogP contribution in [0, 0.1) is 0 Å². The van der Waals surface area contributed by atoms with Crippen LogP contribution in [-0.4, -0.2) is 15.5 Å². The molecular weight excluding hydrogens is 351 g/mol. The van der Waals surface area contributed by atoms with Crippen molar-refractivity contribution in [3.8, 4) is 0 Å². The normalized spacial score (nSPS) is 18.2. The number of ether oxygens (including phenoxy) is 1. The molecule has 2 heterocycles. The van der Waals surface area contributed by atoms with Crippen molar-refractivity contribution in [1.82, 2.24) is 9.55 Å². The molecule has 0 saturated carbocycles. The summed E-state index contributed by atoms with van der Waals surface area (Å²) in [5, 5.41) is -0.106. The summed E-state index contributed by atoms with van der Waals surface area (Å²) in [4.78, 5) is 28.8. The third-order valence-electron chi connectivity index (χ3n) is 4.18. The van der Waals surface area contributed by atoms with Crippen molar-refractivity contribution >= 4 is 29.2 Å². The summed E-state index contributed by atoms with van der Waals surface area (Å²) in [6.45, 7) is 3.96. The third-order valence-corrected chi connectivity index (χ3v) is 4.69. The summed E-state index contributed by atoms with van der Waals surface area (Å²) in [5.41, 5.74) is 0.384. The summed E-state index contributed by atoms with van der Waals surface area (Å²) < 4.78 is 6.72. The molecule has 3 rings (SSSR count). The Morgan fingerprint density at radius 2 is 1.96 bits per heavy atom. The summed E-state index contributed by atoms with van der Waals surface area (Å²) >= 11 is 12.0. The van der Waals surface area contributed by atoms with Gasteiger partial charge in [0.2, 0.25) is 0 Å². The second-order valence-corrected chi connectivity index (χ2v) is 7.13. The molecule has 1 unspecified atom stereocenters. The summed E-state index contributed by atoms with van der Waals surface area (Å²) in [6, 6.07) is 8.59. The van der Waals surface area contributed by atoms with Gasteiger partial charge >= 0.3 is 5.97 Å². The zero-order valence-electron chi connectivity index (χ0n) is 13.3. The van der Waals surface area contributed by atoms with E-state index >= 15 is 0 Å². The number of carbonyl (C=O) groups excluding carboxylic acids is 1. The van der Waals surface area contributed by atoms with Gasteiger partial charge in [-0.1, -0.05) is 67.4 Å². The first kappa shape index (κ1) is 17.0. The van der Waals surface area contributed by atoms with Gasteiger partial charge in [-0.3, -0.25) is 9.36 Å². The number of hydrogen-bond acceptors (Lipinski definition) is 4. The lowest BCUT2D eigenvalue weighted by Crippen LogP contribution is -2.30. The predicted molar refractivity (Wildman–Crippen MR) is 91.4 cm³/mol. The van der Waals surface area contributed by atoms with Crippen LogP contribution in [0.1, 0.15) is 37.6 Å². The maximum atomic E-state index is 12.6. The lowest BCUT2D eigenvalue weighted by Gasteiger charge is -2.18. The van der Waals surface area contributed by atoms with Gasteiger partial charge in [-0.2, -0.15) is 0 Å². The molecule has 0 saturated heterocycles. The lowest BCUT2D eigenvalue weighted by atomic mass is 9.87. The van der Waals surface area contributed by atoms with Crippen LogP contribution < -0.4 is 5.56 Å². The van der Waals surface area contributed by atoms with E-state index in [4.69, 9.17) is 27.9 Å². The first-order chi connectivity index (χ1) is 11.3. The molecule has 1 atom stereocenters. The van der Waals surface area contributed by atoms with E-state index in [1.807, 2.05) is 44.2 Å². The molecule has 0 radical (unpaired) electrons. The van der Waals surface area contributed by atoms with Crippen molar-refractivity contribution in [3.05, 3.63) is 62.2 Å². The largest absolute Gasteiger partial charge is 0.459 e. The van der Waals surface area contributed by atoms with E-state index in [1.54, 1.807) is 0 Å². The van der Waals surface area contributed by atoms with E-state index < -0.39 is 23.0 Å². The molecule has 0 aliphatic carbocycles. The van der Waals surface area contributed by atoms with Gasteiger partial charge in [0.25, 0.3) is 5.56 Å². The predicted octanol–water partition coefficient (Wildman–Crippen LogP) is 3.52. The highest BCUT2D eigenvalue weighted by atomic mass is 35.5. The standard InChI is InChI=1S/C17H16Cl2N2O3/c1-17(2)8-11(16(23)24-9-10-6-4-3-5-7-10)21-12(17)13(18)20-14(19)15(21)22/h3-7,11H,8-9H2,1-2H3. The molecule has 0 spiro atoms. The molecule has 24 heavy (non-hydrogen) atoms. The Kier molecular flexibility index (Phi) is 4.40. The van der Waals surface area contributed by atoms with E-state index in [-0.39, 0.29) is 16.9 Å². The maximum absolute atomic E-state index is 12.6. The fourth-order valence-corrected chi connectivity index (χ4v) is 3.73. The van der Waals surface area contributed by atoms with Gasteiger partial charge in [-0.05, 0) is 12.0 Å². The van der Waals surface area contributed by atoms with Crippen molar-refractivity contribution in [3.63, 3.8) is 0 Å². The van der Waals surface area contributed by atoms with Gasteiger partial charge in [0.05, 0.1) is 5.69 Å². The number of hydrogen-bond donors (Lipinski definition) is 0. The quantitative estimate of drug-likeness (QED) is 0.779. The highest BCUT2D eigenvalue weighted by Gasteiger charge is 2.44. The second-order valence-electron chi connectivity index (χ2n) is 6.41. The molecule has 7 heteroatoms. The molecular formula is C17H16Cl2N2O3. The number of rotatable bonds is 3. The number of carbonyl (C=O) groups is 1. The molecule has 0 amide bonds. The van der Waals surface area contributed by atoms with E-state index in [9.17, 15) is 9.59 Å². The van der Waals surface area contributed by atoms with Crippen molar-refractivity contribution in [2.45, 2.75) is 38.3 Å². The number of fused-ring (bicyclic) bond motifs is 1. The Hall–Kier alpha value is -1.85. The van der Waals surface area contributed by atoms with Gasteiger partial charge in [0, 0.05) is 5.41 Å². The Morgan fingerprint density at radius 1 is 1.29 bits per heavy atom. The first-order valence-electron chi connectivity index (χ1n) is 7.50. The summed E-state index contributed by atoms with van der Waals surface area (Å²) in [6.07, 6.45) is 0.400. The van der Waals surface area contributed by atoms with Crippen LogP contribution in [0.2, 0.25) is 10.3 Å². The van der Waals surface area contributed by atoms with Gasteiger partial charge in [0.1, 0.15) is 12.6 Å². The molecule has 1 aliphatic heterocycles. The van der Waals surface area contributed by atoms with Crippen molar-refractivity contribution in [1.29, 1.82) is 0 Å². The fourth-order valence-electron chi connectivity index (χ4n) is 3.07. The Balaban J connectivity index is 1.92. The van der Waals surface area contributed by atoms with Crippen molar-refractivity contribution in [2.24, 2.45) is 0 Å². The average molecular weight is 367 g/mol. The zero-order chi connectivity index (χ0) is 17.5. The third kappa shape index (κ3) is 2.94. The van der Waals surface area contributed by atoms with E-state index in [0.717, 1.165) is 5.56 Å². The van der Waals surface area contributed by atoms with Crippen LogP contribution in [0.5, 0.6) is 0 Å². The lowest BCUT2D eigenvalue weighted by molar-refractivity contribution is -0.149. The van der Waals surface area contributed by atoms with Crippen LogP contribution in [0.15, 0.2) is 35.1 Å². The molecule has 1 aromatic carbocycles. The smallest absolute Gasteiger partial charge is 0.329 e. The molecule has 126 valence electrons. The first-order valence-corrected chi connectivity index (χ1v) is 8.25. The molecule has 0 fully saturated rings. The Labute approximate surface area is 149 Å². The maximum Gasteiger partial charge on any atom is 0.329 e. The van der Waals surface area contributed by atoms with Crippen LogP contribution in [0.25, 0.3) is 0 Å². The number of halogens is 2. The molecule has 0 N–H and O–H groups in total. The van der Waals surface area contributed by atoms with Crippen molar-refractivity contribution in [2.75, 3.05) is 0 Å². The minimum absolute atomic E-state index is 0.142. The minimum Gasteiger partial charge on any atom is -0.459 e. The fraction of sp³-hybridized carbons (Fsp3) is 0.353. The highest BCUT2D eigenvalue weighted by molar-refractivity contribution is 6.32. The highest BCUT2D eigenvalue weighted by Crippen LogP contribution is 2.43. The molecule has 5 nitrogen and oxygen atoms in total. The SMILES string of the molecule is CC1(C)CC(C(=O)OCc2ccccc2)n2c1c(Cl)nc(Cl)c2=O. The Morgan fingerprint density at radius 3 is 2.62 bits per heavy atom. The number of benzene rings is 1. The van der Waals surface area contributed by atoms with Gasteiger partial charge in [0.15, 0.2) is 10.3 Å². The summed E-state index contributed by atoms with van der Waals surface area (Å²) in [7, 11) is 0. The Bertz CT molecular complexity index is 847. The van der Waals surface area contributed by atoms with Crippen molar-refractivity contribution < 1.29 is 9.53 Å². The van der Waals surface area contributed by atoms with Gasteiger partial charge < -0.3 is 4.74 Å². The zero-order valence-corrected chi connectivity index (χ0v) is 14.8. The van der Waals surface area contributed by atoms with E-state index in [0.29, 0.717) is 12.1 Å². The number of nitrogens with zero attached hydrogens (tertiary/aromatic N) is 2. The van der Waals surface area contributed by atoms with Crippen LogP contribution in [0.4, 0.5) is 0 Å². The summed E-state index contributed by atoms with van der Waals surface area (Å²) in [5.74, 6) is -0.480. The minimum atomic E-state index is -0.760. The van der Waals surface area contributed by atoms with Gasteiger partial charge in [-0.15, -0.1) is 0 Å². The average Bonchev–Trinajstić information content (AvgIpc) is 2.83. The van der Waals surface area contributed by atoms with E-state index in [2.05, 4.69) is 4.98 Å². The van der Waals surface area contributed by atoms with Gasteiger partial charge in [-0.25, -0.2) is 9.78 Å². The second kappa shape index (κ2) is 6.22. The topological polar surface area (TPSA) is 61.2 Å². The van der Waals surface area contributed by atoms with Crippen LogP contribution in [-0.2, 0) is 21.6 Å². The molecule has 1 aromatic heterocycles. The van der Waals surface area contributed by atoms with E-state index in [1.165, 1.54) is 4.57 Å². The number of aromatic nitrogens is 2. The molecule has 2 aromatic rings. The molecule has 0 bridgehead atoms. The number of esters is 1. The molecule has 1 aliphatic rings. The van der Waals surface area contributed by atoms with Crippen LogP contribution in [0.3, 0.4) is 0 Å². The monoisotopic (exact) mass is 366 g/mol.